The fraction of sp³-hybridized carbons (Fsp3) is 0.222. The predicted molar refractivity (Wildman–Crippen MR) is 100 cm³/mol. The first-order valence-corrected chi connectivity index (χ1v) is 8.09. The summed E-state index contributed by atoms with van der Waals surface area (Å²) in [5.74, 6) is -1.07. The summed E-state index contributed by atoms with van der Waals surface area (Å²) in [4.78, 5) is 48.5. The molecule has 1 aromatic carbocycles. The predicted octanol–water partition coefficient (Wildman–Crippen LogP) is 0.246. The molecule has 9 heteroatoms. The number of carboxylic acids is 1. The van der Waals surface area contributed by atoms with Crippen molar-refractivity contribution in [1.29, 1.82) is 0 Å². The van der Waals surface area contributed by atoms with Gasteiger partial charge in [-0.15, -0.1) is 0 Å². The molecule has 0 fully saturated rings. The lowest BCUT2D eigenvalue weighted by molar-refractivity contribution is 0.0696. The van der Waals surface area contributed by atoms with E-state index in [0.717, 1.165) is 4.57 Å². The van der Waals surface area contributed by atoms with Gasteiger partial charge in [-0.3, -0.25) is 23.3 Å². The zero-order valence-electron chi connectivity index (χ0n) is 15.0. The lowest BCUT2D eigenvalue weighted by Gasteiger charge is -2.15. The Morgan fingerprint density at radius 2 is 1.70 bits per heavy atom. The van der Waals surface area contributed by atoms with Crippen LogP contribution in [-0.4, -0.2) is 24.8 Å². The Morgan fingerprint density at radius 3 is 2.37 bits per heavy atom. The smallest absolute Gasteiger partial charge is 0.336 e. The van der Waals surface area contributed by atoms with Gasteiger partial charge in [0.1, 0.15) is 11.0 Å². The van der Waals surface area contributed by atoms with E-state index in [1.165, 1.54) is 42.4 Å². The van der Waals surface area contributed by atoms with Crippen molar-refractivity contribution in [3.8, 4) is 0 Å². The van der Waals surface area contributed by atoms with Crippen LogP contribution in [0.4, 0.5) is 5.69 Å². The van der Waals surface area contributed by atoms with E-state index in [1.807, 2.05) is 0 Å². The van der Waals surface area contributed by atoms with Gasteiger partial charge in [0.2, 0.25) is 0 Å². The third-order valence-electron chi connectivity index (χ3n) is 4.54. The fourth-order valence-electron chi connectivity index (χ4n) is 3.07. The highest BCUT2D eigenvalue weighted by Crippen LogP contribution is 2.18. The van der Waals surface area contributed by atoms with Crippen LogP contribution in [0.15, 0.2) is 44.7 Å². The van der Waals surface area contributed by atoms with Crippen LogP contribution in [0.25, 0.3) is 11.0 Å². The standard InChI is InChI=1S/C18H18N4O5/c1-20-13(23)8-12(14-15(20)21(2)18(27)22(3)16(14)24)19-9-10-6-4-5-7-11(10)17(25)26/h4-8,19H,9H2,1-3H3,(H,25,26). The molecule has 9 nitrogen and oxygen atoms in total. The monoisotopic (exact) mass is 370 g/mol. The highest BCUT2D eigenvalue weighted by atomic mass is 16.4. The van der Waals surface area contributed by atoms with E-state index >= 15 is 0 Å². The number of nitrogens with zero attached hydrogens (tertiary/aromatic N) is 3. The van der Waals surface area contributed by atoms with Crippen molar-refractivity contribution in [2.24, 2.45) is 21.1 Å². The summed E-state index contributed by atoms with van der Waals surface area (Å²) < 4.78 is 3.42. The van der Waals surface area contributed by atoms with Crippen molar-refractivity contribution in [1.82, 2.24) is 13.7 Å². The van der Waals surface area contributed by atoms with E-state index in [4.69, 9.17) is 0 Å². The van der Waals surface area contributed by atoms with Crippen LogP contribution >= 0.6 is 0 Å². The third kappa shape index (κ3) is 2.92. The van der Waals surface area contributed by atoms with E-state index in [2.05, 4.69) is 5.32 Å². The number of hydrogen-bond acceptors (Lipinski definition) is 5. The van der Waals surface area contributed by atoms with E-state index in [0.29, 0.717) is 5.56 Å². The number of hydrogen-bond donors (Lipinski definition) is 2. The molecule has 0 saturated heterocycles. The Kier molecular flexibility index (Phi) is 4.44. The second-order valence-corrected chi connectivity index (χ2v) is 6.18. The average Bonchev–Trinajstić information content (AvgIpc) is 2.65. The summed E-state index contributed by atoms with van der Waals surface area (Å²) in [6.45, 7) is 0.0940. The number of aromatic carboxylic acids is 1. The Labute approximate surface area is 152 Å². The molecule has 27 heavy (non-hydrogen) atoms. The second-order valence-electron chi connectivity index (χ2n) is 6.18. The number of benzene rings is 1. The van der Waals surface area contributed by atoms with Crippen LogP contribution < -0.4 is 22.1 Å². The van der Waals surface area contributed by atoms with Crippen molar-refractivity contribution < 1.29 is 9.90 Å². The largest absolute Gasteiger partial charge is 0.478 e. The summed E-state index contributed by atoms with van der Waals surface area (Å²) in [6, 6.07) is 7.70. The van der Waals surface area contributed by atoms with Crippen molar-refractivity contribution in [2.45, 2.75) is 6.54 Å². The number of rotatable bonds is 4. The van der Waals surface area contributed by atoms with Gasteiger partial charge in [0.15, 0.2) is 0 Å². The molecule has 0 spiro atoms. The molecule has 2 aromatic heterocycles. The molecule has 0 aliphatic carbocycles. The van der Waals surface area contributed by atoms with Crippen LogP contribution in [0.2, 0.25) is 0 Å². The number of fused-ring (bicyclic) bond motifs is 1. The van der Waals surface area contributed by atoms with Crippen LogP contribution in [0.1, 0.15) is 15.9 Å². The van der Waals surface area contributed by atoms with Crippen molar-refractivity contribution in [2.75, 3.05) is 5.32 Å². The zero-order chi connectivity index (χ0) is 19.9. The molecule has 0 amide bonds. The number of aromatic nitrogens is 3. The summed E-state index contributed by atoms with van der Waals surface area (Å²) in [5.41, 5.74) is -0.443. The average molecular weight is 370 g/mol. The molecule has 0 aliphatic heterocycles. The molecule has 3 aromatic rings. The fourth-order valence-corrected chi connectivity index (χ4v) is 3.07. The molecule has 140 valence electrons. The SMILES string of the molecule is Cn1c(=O)c2c(NCc3ccccc3C(=O)O)cc(=O)n(C)c2n(C)c1=O. The molecular formula is C18H18N4O5. The normalized spacial score (nSPS) is 10.9. The highest BCUT2D eigenvalue weighted by Gasteiger charge is 2.17. The third-order valence-corrected chi connectivity index (χ3v) is 4.54. The highest BCUT2D eigenvalue weighted by molar-refractivity contribution is 5.90. The molecule has 3 rings (SSSR count). The first-order valence-electron chi connectivity index (χ1n) is 8.09. The van der Waals surface area contributed by atoms with Gasteiger partial charge in [-0.2, -0.15) is 0 Å². The van der Waals surface area contributed by atoms with Crippen molar-refractivity contribution in [3.05, 3.63) is 72.7 Å². The Hall–Kier alpha value is -3.62. The van der Waals surface area contributed by atoms with Crippen LogP contribution in [0, 0.1) is 0 Å². The topological polar surface area (TPSA) is 115 Å². The lowest BCUT2D eigenvalue weighted by atomic mass is 10.1. The molecule has 0 aliphatic rings. The molecule has 0 radical (unpaired) electrons. The number of pyridine rings is 1. The number of aryl methyl sites for hydroxylation is 2. The van der Waals surface area contributed by atoms with E-state index in [1.54, 1.807) is 18.2 Å². The zero-order valence-corrected chi connectivity index (χ0v) is 15.0. The van der Waals surface area contributed by atoms with Crippen molar-refractivity contribution >= 4 is 22.7 Å². The van der Waals surface area contributed by atoms with E-state index in [-0.39, 0.29) is 28.8 Å². The number of anilines is 1. The Balaban J connectivity index is 2.21. The van der Waals surface area contributed by atoms with Gasteiger partial charge in [-0.05, 0) is 11.6 Å². The van der Waals surface area contributed by atoms with Gasteiger partial charge in [0, 0.05) is 33.8 Å². The Bertz CT molecular complexity index is 1250. The van der Waals surface area contributed by atoms with Gasteiger partial charge < -0.3 is 10.4 Å². The molecule has 0 unspecified atom stereocenters. The van der Waals surface area contributed by atoms with Crippen LogP contribution in [0.5, 0.6) is 0 Å². The molecular weight excluding hydrogens is 352 g/mol. The van der Waals surface area contributed by atoms with Crippen LogP contribution in [0.3, 0.4) is 0 Å². The first-order chi connectivity index (χ1) is 12.7. The molecule has 0 bridgehead atoms. The molecule has 0 saturated carbocycles. The minimum absolute atomic E-state index is 0.0940. The summed E-state index contributed by atoms with van der Waals surface area (Å²) >= 11 is 0. The van der Waals surface area contributed by atoms with Gasteiger partial charge in [0.25, 0.3) is 11.1 Å². The number of nitrogens with one attached hydrogen (secondary N) is 1. The number of carboxylic acid groups (broad SMARTS) is 1. The van der Waals surface area contributed by atoms with Crippen LogP contribution in [-0.2, 0) is 27.7 Å². The minimum atomic E-state index is -1.07. The van der Waals surface area contributed by atoms with Gasteiger partial charge in [-0.25, -0.2) is 9.59 Å². The minimum Gasteiger partial charge on any atom is -0.478 e. The lowest BCUT2D eigenvalue weighted by Crippen LogP contribution is -2.39. The maximum absolute atomic E-state index is 12.7. The molecule has 2 heterocycles. The van der Waals surface area contributed by atoms with Gasteiger partial charge in [-0.1, -0.05) is 18.2 Å². The second kappa shape index (κ2) is 6.60. The summed E-state index contributed by atoms with van der Waals surface area (Å²) in [7, 11) is 4.32. The maximum atomic E-state index is 12.7. The van der Waals surface area contributed by atoms with Gasteiger partial charge in [0.05, 0.1) is 11.3 Å². The quantitative estimate of drug-likeness (QED) is 0.680. The van der Waals surface area contributed by atoms with Gasteiger partial charge >= 0.3 is 11.7 Å². The first kappa shape index (κ1) is 18.2. The van der Waals surface area contributed by atoms with Crippen molar-refractivity contribution in [3.63, 3.8) is 0 Å². The van der Waals surface area contributed by atoms with E-state index < -0.39 is 22.8 Å². The maximum Gasteiger partial charge on any atom is 0.336 e. The number of carbonyl (C=O) groups is 1. The van der Waals surface area contributed by atoms with E-state index in [9.17, 15) is 24.3 Å². The molecule has 0 atom stereocenters. The Morgan fingerprint density at radius 1 is 1.04 bits per heavy atom. The molecule has 2 N–H and O–H groups in total. The summed E-state index contributed by atoms with van der Waals surface area (Å²) in [5, 5.41) is 12.4. The summed E-state index contributed by atoms with van der Waals surface area (Å²) in [6.07, 6.45) is 0.